The zero-order chi connectivity index (χ0) is 84.6. The van der Waals surface area contributed by atoms with Gasteiger partial charge in [0.15, 0.2) is 0 Å². The predicted octanol–water partition coefficient (Wildman–Crippen LogP) is 28.8. The van der Waals surface area contributed by atoms with Crippen LogP contribution in [0, 0.1) is 47.3 Å². The van der Waals surface area contributed by atoms with E-state index in [0.29, 0.717) is 13.1 Å². The number of imide groups is 2. The van der Waals surface area contributed by atoms with Gasteiger partial charge in [-0.25, -0.2) is 0 Å². The summed E-state index contributed by atoms with van der Waals surface area (Å²) >= 11 is 0. The summed E-state index contributed by atoms with van der Waals surface area (Å²) in [6.07, 6.45) is 89.0. The second-order valence-electron chi connectivity index (χ2n) is 39.3. The van der Waals surface area contributed by atoms with Gasteiger partial charge in [0.25, 0.3) is 45.9 Å². The number of nitrogens with zero attached hydrogens (tertiary/aromatic N) is 4. The minimum Gasteiger partial charge on any atom is -0.275 e. The molecule has 2 saturated carbocycles. The second-order valence-corrected chi connectivity index (χ2v) is 39.3. The first-order chi connectivity index (χ1) is 57.6. The number of rotatable bonds is 72. The highest BCUT2D eigenvalue weighted by atomic mass is 16.2. The van der Waals surface area contributed by atoms with Gasteiger partial charge in [-0.1, -0.05) is 389 Å². The van der Waals surface area contributed by atoms with Gasteiger partial charge < -0.3 is 0 Å². The molecule has 0 radical (unpaired) electrons. The number of unbranched alkanes of at least 4 members (excludes halogenated alkanes) is 41. The van der Waals surface area contributed by atoms with Gasteiger partial charge in [0.05, 0.1) is 27.1 Å². The number of aromatic nitrogens is 2. The van der Waals surface area contributed by atoms with Crippen molar-refractivity contribution in [2.75, 3.05) is 6.54 Å². The first-order valence-electron chi connectivity index (χ1n) is 51.6. The maximum Gasteiger partial charge on any atom is 0.262 e. The molecule has 10 unspecified atom stereocenters. The molecule has 10 atom stereocenters. The lowest BCUT2D eigenvalue weighted by Crippen LogP contribution is -2.51. The Bertz CT molecular complexity index is 3450. The molecule has 2 aromatic heterocycles. The fraction of sp³-hybridized carbons (Fsp3) is 0.830. The fourth-order valence-corrected chi connectivity index (χ4v) is 23.3. The minimum absolute atomic E-state index is 0.120. The highest BCUT2D eigenvalue weighted by molar-refractivity contribution is 6.14. The summed E-state index contributed by atoms with van der Waals surface area (Å²) in [6, 6.07) is 3.19. The van der Waals surface area contributed by atoms with E-state index in [4.69, 9.17) is 0 Å². The Morgan fingerprint density at radius 1 is 0.271 bits per heavy atom. The largest absolute Gasteiger partial charge is 0.275 e. The summed E-state index contributed by atoms with van der Waals surface area (Å²) in [6.45, 7) is 18.9. The molecule has 0 N–H and O–H groups in total. The van der Waals surface area contributed by atoms with Crippen LogP contribution in [0.4, 0.5) is 0 Å². The Labute approximate surface area is 720 Å². The molecule has 0 saturated heterocycles. The number of hydrogen-bond acceptors (Lipinski definition) is 8. The maximum absolute atomic E-state index is 14.7. The van der Waals surface area contributed by atoms with Crippen LogP contribution in [0.5, 0.6) is 0 Å². The summed E-state index contributed by atoms with van der Waals surface area (Å²) < 4.78 is 2.92. The van der Waals surface area contributed by atoms with E-state index >= 15 is 0 Å². The predicted molar refractivity (Wildman–Crippen MR) is 500 cm³/mol. The van der Waals surface area contributed by atoms with Crippen LogP contribution in [0.3, 0.4) is 0 Å². The second kappa shape index (κ2) is 57.6. The summed E-state index contributed by atoms with van der Waals surface area (Å²) in [4.78, 5) is 111. The zero-order valence-electron chi connectivity index (χ0n) is 77.6. The molecule has 7 rings (SSSR count). The van der Waals surface area contributed by atoms with Gasteiger partial charge in [-0.2, -0.15) is 0 Å². The summed E-state index contributed by atoms with van der Waals surface area (Å²) in [5.41, 5.74) is -2.33. The molecule has 2 aliphatic heterocycles. The molecule has 12 nitrogen and oxygen atoms in total. The topological polar surface area (TPSA) is 153 Å². The lowest BCUT2D eigenvalue weighted by atomic mass is 9.61. The molecule has 2 aliphatic carbocycles. The van der Waals surface area contributed by atoms with Crippen LogP contribution in [0.25, 0.3) is 21.5 Å². The van der Waals surface area contributed by atoms with Crippen LogP contribution in [-0.2, 0) is 31.3 Å². The van der Waals surface area contributed by atoms with Crippen molar-refractivity contribution in [3.8, 4) is 0 Å². The lowest BCUT2D eigenvalue weighted by Gasteiger charge is -2.44. The lowest BCUT2D eigenvalue weighted by molar-refractivity contribution is -0.145. The Hall–Kier alpha value is -4.74. The smallest absolute Gasteiger partial charge is 0.262 e. The SMILES string of the molecule is CCCCCCCCC1C(CCCCCC)CCC(CCCCCCCCC(C)(CCCCC)n2c(=O)c3cc4c(=O)n(CCCCCCCCC5C(CCCCCCCCC(CC)(CCCCCC)N6C(=O)C=CC6=O)CCC(CCCCCC)C5CCCCCCCC)c(=O)c4cc3c2=O)C1CCCCCCCCN1C(=O)C=CC1=O. The minimum atomic E-state index is -0.663. The van der Waals surface area contributed by atoms with Crippen molar-refractivity contribution in [3.63, 3.8) is 0 Å². The van der Waals surface area contributed by atoms with E-state index in [1.165, 1.54) is 340 Å². The molecule has 670 valence electrons. The number of carbonyl (C=O) groups is 4. The number of fused-ring (bicyclic) bond motifs is 2. The molecule has 4 aliphatic rings. The molecule has 3 aromatic rings. The average Bonchev–Trinajstić information content (AvgIpc) is 1.57. The number of hydrogen-bond donors (Lipinski definition) is 0. The summed E-state index contributed by atoms with van der Waals surface area (Å²) in [7, 11) is 0. The maximum atomic E-state index is 14.7. The van der Waals surface area contributed by atoms with Crippen LogP contribution < -0.4 is 22.2 Å². The first-order valence-corrected chi connectivity index (χ1v) is 51.6. The highest BCUT2D eigenvalue weighted by Crippen LogP contribution is 2.50. The number of benzene rings is 1. The summed E-state index contributed by atoms with van der Waals surface area (Å²) in [5, 5.41) is 1.08. The van der Waals surface area contributed by atoms with Crippen LogP contribution in [0.15, 0.2) is 55.6 Å². The van der Waals surface area contributed by atoms with Crippen molar-refractivity contribution in [1.82, 2.24) is 18.9 Å². The first kappa shape index (κ1) is 100. The van der Waals surface area contributed by atoms with Gasteiger partial charge in [-0.3, -0.25) is 57.3 Å². The molecule has 118 heavy (non-hydrogen) atoms. The van der Waals surface area contributed by atoms with Crippen molar-refractivity contribution >= 4 is 45.2 Å². The zero-order valence-corrected chi connectivity index (χ0v) is 77.6. The molecular formula is C106H178N4O8. The van der Waals surface area contributed by atoms with Crippen molar-refractivity contribution in [2.24, 2.45) is 47.3 Å². The third-order valence-corrected chi connectivity index (χ3v) is 30.5. The van der Waals surface area contributed by atoms with Crippen molar-refractivity contribution in [3.05, 3.63) is 77.9 Å². The number of amides is 4. The molecule has 0 bridgehead atoms. The standard InChI is InChI=1S/C106H178N4O8/c1-9-16-22-27-39-51-65-89-85(61-47-24-18-11-3)69-71-87(91(89)67-53-41-31-35-45-59-81-107-97(111)73-74-98(107)112)63-49-37-29-33-43-56-78-105(8,77-55-21-14-6)110-103(117)95-83-93-94(84-96(95)104(110)118)102(116)108(101(93)115)82-60-46-36-32-42-54-68-92-88(72-70-86(62-48-25-19-12-4)90(92)66-52-40-28-23-17-10-2)64-50-38-30-34-44-58-80-106(15-7,79-57-26-20-13-5)109-99(113)75-76-100(109)114/h73-76,83-92H,9-72,77-82H2,1-8H3. The van der Waals surface area contributed by atoms with Crippen molar-refractivity contribution in [2.45, 2.75) is 510 Å². The van der Waals surface area contributed by atoms with Crippen molar-refractivity contribution in [1.29, 1.82) is 0 Å². The Balaban J connectivity index is 0.898. The molecule has 4 heterocycles. The molecule has 0 spiro atoms. The molecule has 4 amide bonds. The normalized spacial score (nSPS) is 20.8. The van der Waals surface area contributed by atoms with E-state index in [-0.39, 0.29) is 72.9 Å². The van der Waals surface area contributed by atoms with E-state index < -0.39 is 5.54 Å². The highest BCUT2D eigenvalue weighted by Gasteiger charge is 2.44. The van der Waals surface area contributed by atoms with Gasteiger partial charge in [-0.15, -0.1) is 0 Å². The van der Waals surface area contributed by atoms with Crippen molar-refractivity contribution < 1.29 is 19.2 Å². The Morgan fingerprint density at radius 3 is 0.856 bits per heavy atom. The Morgan fingerprint density at radius 2 is 0.517 bits per heavy atom. The third-order valence-electron chi connectivity index (χ3n) is 30.5. The van der Waals surface area contributed by atoms with Crippen LogP contribution in [0.2, 0.25) is 0 Å². The van der Waals surface area contributed by atoms with Gasteiger partial charge in [0, 0.05) is 42.9 Å². The van der Waals surface area contributed by atoms with E-state index in [1.54, 1.807) is 17.0 Å². The third kappa shape index (κ3) is 32.1. The molecular weight excluding hydrogens is 1460 g/mol. The van der Waals surface area contributed by atoms with E-state index in [0.717, 1.165) is 182 Å². The monoisotopic (exact) mass is 1640 g/mol. The van der Waals surface area contributed by atoms with Crippen LogP contribution in [0.1, 0.15) is 492 Å². The van der Waals surface area contributed by atoms with Gasteiger partial charge in [0.2, 0.25) is 0 Å². The molecule has 1 aromatic carbocycles. The molecule has 12 heteroatoms. The average molecular weight is 1640 g/mol. The van der Waals surface area contributed by atoms with Gasteiger partial charge >= 0.3 is 0 Å². The quantitative estimate of drug-likeness (QED) is 0.0400. The van der Waals surface area contributed by atoms with E-state index in [9.17, 15) is 38.4 Å². The summed E-state index contributed by atoms with van der Waals surface area (Å²) in [5.74, 6) is 6.15. The van der Waals surface area contributed by atoms with Crippen LogP contribution in [-0.4, -0.2) is 54.6 Å². The molecule has 2 fully saturated rings. The van der Waals surface area contributed by atoms with E-state index in [2.05, 4.69) is 55.4 Å². The Kier molecular flexibility index (Phi) is 49.0. The van der Waals surface area contributed by atoms with Gasteiger partial charge in [-0.05, 0) is 163 Å². The van der Waals surface area contributed by atoms with Crippen LogP contribution >= 0.6 is 0 Å². The van der Waals surface area contributed by atoms with E-state index in [1.807, 2.05) is 0 Å². The number of carbonyl (C=O) groups excluding carboxylic acids is 4. The van der Waals surface area contributed by atoms with Gasteiger partial charge in [0.1, 0.15) is 0 Å². The fourth-order valence-electron chi connectivity index (χ4n) is 23.3.